The molecule has 0 amide bonds. The largest absolute Gasteiger partial charge is 0.297 e. The topological polar surface area (TPSA) is 17.1 Å². The van der Waals surface area contributed by atoms with Crippen molar-refractivity contribution in [2.75, 3.05) is 0 Å². The van der Waals surface area contributed by atoms with Gasteiger partial charge >= 0.3 is 0 Å². The monoisotopic (exact) mass is 768 g/mol. The van der Waals surface area contributed by atoms with Gasteiger partial charge in [0.1, 0.15) is 0 Å². The number of aryl methyl sites for hydroxylation is 4. The molecule has 0 aliphatic heterocycles. The maximum Gasteiger partial charge on any atom is 0.160 e. The van der Waals surface area contributed by atoms with Crippen LogP contribution in [0.2, 0.25) is 0 Å². The van der Waals surface area contributed by atoms with E-state index in [1.165, 1.54) is 167 Å². The molecule has 0 saturated carbocycles. The second-order valence-electron chi connectivity index (χ2n) is 14.9. The first-order valence-corrected chi connectivity index (χ1v) is 24.0. The van der Waals surface area contributed by atoms with Crippen LogP contribution in [-0.2, 0) is 25.7 Å². The molecule has 0 spiro atoms. The summed E-state index contributed by atoms with van der Waals surface area (Å²) in [7, 11) is 0. The average Bonchev–Trinajstić information content (AvgIpc) is 3.97. The summed E-state index contributed by atoms with van der Waals surface area (Å²) in [6, 6.07) is 9.46. The Balaban J connectivity index is 1.40. The number of aldehydes is 1. The van der Waals surface area contributed by atoms with E-state index in [2.05, 4.69) is 69.5 Å². The lowest BCUT2D eigenvalue weighted by Gasteiger charge is -2.13. The second kappa shape index (κ2) is 19.9. The van der Waals surface area contributed by atoms with E-state index in [0.29, 0.717) is 0 Å². The second-order valence-corrected chi connectivity index (χ2v) is 19.1. The van der Waals surface area contributed by atoms with Gasteiger partial charge in [-0.2, -0.15) is 0 Å². The molecule has 4 aromatic heterocycles. The van der Waals surface area contributed by atoms with Crippen LogP contribution in [0.5, 0.6) is 0 Å². The van der Waals surface area contributed by atoms with Crippen LogP contribution >= 0.6 is 45.3 Å². The molecule has 5 heteroatoms. The number of benzene rings is 2. The molecule has 0 N–H and O–H groups in total. The molecule has 6 aromatic rings. The highest BCUT2D eigenvalue weighted by Crippen LogP contribution is 2.45. The smallest absolute Gasteiger partial charge is 0.160 e. The molecule has 0 unspecified atom stereocenters. The van der Waals surface area contributed by atoms with E-state index in [-0.39, 0.29) is 0 Å². The maximum atomic E-state index is 12.1. The first-order chi connectivity index (χ1) is 25.6. The third-order valence-electron chi connectivity index (χ3n) is 11.0. The minimum atomic E-state index is 0.859. The molecular weight excluding hydrogens is 709 g/mol. The predicted molar refractivity (Wildman–Crippen MR) is 240 cm³/mol. The van der Waals surface area contributed by atoms with E-state index >= 15 is 0 Å². The summed E-state index contributed by atoms with van der Waals surface area (Å²) in [5, 5.41) is 7.89. The number of carbonyl (C=O) groups is 1. The van der Waals surface area contributed by atoms with E-state index in [4.69, 9.17) is 0 Å². The fourth-order valence-electron chi connectivity index (χ4n) is 8.16. The van der Waals surface area contributed by atoms with Crippen LogP contribution in [0, 0.1) is 0 Å². The van der Waals surface area contributed by atoms with Crippen molar-refractivity contribution in [2.24, 2.45) is 0 Å². The van der Waals surface area contributed by atoms with Gasteiger partial charge in [-0.25, -0.2) is 0 Å². The van der Waals surface area contributed by atoms with Crippen LogP contribution in [-0.4, -0.2) is 6.29 Å². The van der Waals surface area contributed by atoms with Gasteiger partial charge in [0.25, 0.3) is 0 Å². The third kappa shape index (κ3) is 9.13. The van der Waals surface area contributed by atoms with E-state index in [0.717, 1.165) is 24.0 Å². The fraction of sp³-hybridized carbons (Fsp3) is 0.511. The van der Waals surface area contributed by atoms with E-state index < -0.39 is 0 Å². The molecule has 0 bridgehead atoms. The van der Waals surface area contributed by atoms with Crippen LogP contribution in [0.3, 0.4) is 0 Å². The highest BCUT2D eigenvalue weighted by molar-refractivity contribution is 7.23. The van der Waals surface area contributed by atoms with Crippen molar-refractivity contribution >= 4 is 104 Å². The number of hydrogen-bond acceptors (Lipinski definition) is 5. The summed E-state index contributed by atoms with van der Waals surface area (Å²) in [5.74, 6) is 0. The van der Waals surface area contributed by atoms with Crippen LogP contribution in [0.4, 0.5) is 0 Å². The summed E-state index contributed by atoms with van der Waals surface area (Å²) in [4.78, 5) is 15.6. The zero-order valence-electron chi connectivity index (χ0n) is 32.3. The SMILES string of the molecule is CCCCCCc1c(CCCCCC)c2sc(/C=C/c3cc4c(s3)c(CCCCCC)c(CCCCCC)c3sc(C=O)cc34)cc2c2ccsc12. The number of hydrogen-bond donors (Lipinski definition) is 0. The summed E-state index contributed by atoms with van der Waals surface area (Å²) in [5.41, 5.74) is 6.40. The molecule has 0 aliphatic carbocycles. The van der Waals surface area contributed by atoms with Crippen molar-refractivity contribution in [1.82, 2.24) is 0 Å². The first kappa shape index (κ1) is 39.4. The maximum absolute atomic E-state index is 12.1. The van der Waals surface area contributed by atoms with Gasteiger partial charge in [0.05, 0.1) is 4.88 Å². The molecule has 1 nitrogen and oxygen atoms in total. The predicted octanol–water partition coefficient (Wildman–Crippen LogP) is 17.0. The van der Waals surface area contributed by atoms with Crippen LogP contribution < -0.4 is 0 Å². The highest BCUT2D eigenvalue weighted by atomic mass is 32.1. The molecule has 52 heavy (non-hydrogen) atoms. The van der Waals surface area contributed by atoms with Gasteiger partial charge in [-0.3, -0.25) is 4.79 Å². The normalized spacial score (nSPS) is 12.2. The Kier molecular flexibility index (Phi) is 15.0. The van der Waals surface area contributed by atoms with Crippen molar-refractivity contribution in [3.8, 4) is 0 Å². The van der Waals surface area contributed by atoms with Gasteiger partial charge in [0.2, 0.25) is 0 Å². The summed E-state index contributed by atoms with van der Waals surface area (Å²) >= 11 is 7.68. The van der Waals surface area contributed by atoms with Crippen LogP contribution in [0.1, 0.15) is 172 Å². The third-order valence-corrected chi connectivity index (χ3v) is 15.4. The molecule has 0 atom stereocenters. The van der Waals surface area contributed by atoms with E-state index in [9.17, 15) is 4.79 Å². The lowest BCUT2D eigenvalue weighted by atomic mass is 9.93. The van der Waals surface area contributed by atoms with E-state index in [1.54, 1.807) is 32.7 Å². The van der Waals surface area contributed by atoms with Gasteiger partial charge < -0.3 is 0 Å². The standard InChI is InChI=1S/C47H60OS4/c1-5-9-13-17-21-36-37(22-18-14-10-6-2)45-41(40-27-28-49-44(36)40)29-33(50-45)25-26-34-30-42-43-31-35(32-48)52-47(43)39(24-20-16-12-8-4)38(46(42)51-34)23-19-15-11-7-3/h25-32H,5-24H2,1-4H3/b26-25+. The molecule has 6 rings (SSSR count). The quantitative estimate of drug-likeness (QED) is 0.0469. The molecule has 4 heterocycles. The minimum absolute atomic E-state index is 0.859. The van der Waals surface area contributed by atoms with Crippen molar-refractivity contribution in [3.05, 3.63) is 66.5 Å². The molecule has 2 aromatic carbocycles. The lowest BCUT2D eigenvalue weighted by Crippen LogP contribution is -1.97. The number of thiophene rings is 4. The van der Waals surface area contributed by atoms with Gasteiger partial charge in [-0.15, -0.1) is 45.3 Å². The lowest BCUT2D eigenvalue weighted by molar-refractivity contribution is 0.112. The van der Waals surface area contributed by atoms with E-state index in [1.807, 2.05) is 34.0 Å². The Hall–Kier alpha value is -2.31. The number of fused-ring (bicyclic) bond motifs is 6. The first-order valence-electron chi connectivity index (χ1n) is 20.7. The molecule has 0 saturated heterocycles. The fourth-order valence-corrected chi connectivity index (χ4v) is 12.6. The molecule has 0 aliphatic rings. The van der Waals surface area contributed by atoms with Crippen molar-refractivity contribution < 1.29 is 4.79 Å². The van der Waals surface area contributed by atoms with Crippen LogP contribution in [0.25, 0.3) is 52.5 Å². The zero-order valence-corrected chi connectivity index (χ0v) is 35.6. The molecule has 0 fully saturated rings. The number of rotatable bonds is 23. The zero-order chi connectivity index (χ0) is 36.3. The van der Waals surface area contributed by atoms with Gasteiger partial charge in [0, 0.05) is 50.1 Å². The molecule has 278 valence electrons. The Bertz CT molecular complexity index is 2080. The molecular formula is C47H60OS4. The summed E-state index contributed by atoms with van der Waals surface area (Å²) in [6.45, 7) is 9.22. The average molecular weight is 769 g/mol. The van der Waals surface area contributed by atoms with Gasteiger partial charge in [-0.1, -0.05) is 105 Å². The van der Waals surface area contributed by atoms with Crippen molar-refractivity contribution in [1.29, 1.82) is 0 Å². The Morgan fingerprint density at radius 1 is 0.442 bits per heavy atom. The minimum Gasteiger partial charge on any atom is -0.297 e. The molecule has 0 radical (unpaired) electrons. The Morgan fingerprint density at radius 3 is 1.21 bits per heavy atom. The Morgan fingerprint density at radius 2 is 0.808 bits per heavy atom. The van der Waals surface area contributed by atoms with Gasteiger partial charge in [-0.05, 0) is 115 Å². The van der Waals surface area contributed by atoms with Crippen molar-refractivity contribution in [3.63, 3.8) is 0 Å². The number of carbonyl (C=O) groups excluding carboxylic acids is 1. The van der Waals surface area contributed by atoms with Gasteiger partial charge in [0.15, 0.2) is 6.29 Å². The Labute approximate surface area is 329 Å². The highest BCUT2D eigenvalue weighted by Gasteiger charge is 2.20. The summed E-state index contributed by atoms with van der Waals surface area (Å²) < 4.78 is 5.90. The summed E-state index contributed by atoms with van der Waals surface area (Å²) in [6.07, 6.45) is 31.2. The number of unbranched alkanes of at least 4 members (excludes halogenated alkanes) is 12. The van der Waals surface area contributed by atoms with Crippen molar-refractivity contribution in [2.45, 2.75) is 156 Å². The van der Waals surface area contributed by atoms with Crippen LogP contribution in [0.15, 0.2) is 29.6 Å².